The molecule has 6 heteroatoms. The highest BCUT2D eigenvalue weighted by Crippen LogP contribution is 2.34. The normalized spacial score (nSPS) is 16.2. The minimum atomic E-state index is -0.319. The van der Waals surface area contributed by atoms with E-state index in [1.54, 1.807) is 18.2 Å². The fraction of sp³-hybridized carbons (Fsp3) is 0.111. The van der Waals surface area contributed by atoms with Crippen molar-refractivity contribution in [3.63, 3.8) is 0 Å². The van der Waals surface area contributed by atoms with Gasteiger partial charge in [-0.25, -0.2) is 0 Å². The minimum Gasteiger partial charge on any atom is -0.507 e. The van der Waals surface area contributed by atoms with Crippen molar-refractivity contribution >= 4 is 44.9 Å². The van der Waals surface area contributed by atoms with Crippen LogP contribution < -0.4 is 0 Å². The Labute approximate surface area is 152 Å². The van der Waals surface area contributed by atoms with Gasteiger partial charge in [-0.3, -0.25) is 14.5 Å². The van der Waals surface area contributed by atoms with Gasteiger partial charge >= 0.3 is 0 Å². The number of hydrogen-bond acceptors (Lipinski definition) is 4. The van der Waals surface area contributed by atoms with Crippen molar-refractivity contribution in [1.29, 1.82) is 0 Å². The van der Waals surface area contributed by atoms with E-state index in [1.807, 2.05) is 30.3 Å². The molecule has 1 saturated heterocycles. The summed E-state index contributed by atoms with van der Waals surface area (Å²) in [7, 11) is 0. The van der Waals surface area contributed by atoms with Gasteiger partial charge in [-0.1, -0.05) is 46.3 Å². The van der Waals surface area contributed by atoms with Crippen LogP contribution in [0.2, 0.25) is 0 Å². The highest BCUT2D eigenvalue weighted by molar-refractivity contribution is 9.10. The Morgan fingerprint density at radius 3 is 2.62 bits per heavy atom. The summed E-state index contributed by atoms with van der Waals surface area (Å²) in [6.45, 7) is 0.344. The zero-order valence-corrected chi connectivity index (χ0v) is 15.0. The van der Waals surface area contributed by atoms with Crippen molar-refractivity contribution in [2.75, 3.05) is 6.54 Å². The fourth-order valence-electron chi connectivity index (χ4n) is 2.36. The number of imide groups is 1. The third kappa shape index (κ3) is 3.71. The molecule has 1 aliphatic heterocycles. The molecule has 2 aromatic rings. The Bertz CT molecular complexity index is 820. The van der Waals surface area contributed by atoms with E-state index in [1.165, 1.54) is 11.0 Å². The summed E-state index contributed by atoms with van der Waals surface area (Å²) in [6, 6.07) is 14.7. The molecule has 122 valence electrons. The second-order valence-electron chi connectivity index (χ2n) is 5.27. The fourth-order valence-corrected chi connectivity index (χ4v) is 3.60. The van der Waals surface area contributed by atoms with Gasteiger partial charge in [0.1, 0.15) is 5.75 Å². The molecule has 1 heterocycles. The van der Waals surface area contributed by atoms with Gasteiger partial charge in [0.05, 0.1) is 4.91 Å². The monoisotopic (exact) mass is 403 g/mol. The number of halogens is 1. The highest BCUT2D eigenvalue weighted by atomic mass is 79.9. The molecule has 1 aliphatic rings. The van der Waals surface area contributed by atoms with E-state index in [0.29, 0.717) is 23.4 Å². The summed E-state index contributed by atoms with van der Waals surface area (Å²) in [5.74, 6) is -0.255. The molecule has 4 nitrogen and oxygen atoms in total. The molecule has 0 unspecified atom stereocenters. The third-order valence-electron chi connectivity index (χ3n) is 3.62. The van der Waals surface area contributed by atoms with E-state index in [2.05, 4.69) is 15.9 Å². The van der Waals surface area contributed by atoms with Crippen molar-refractivity contribution in [3.8, 4) is 5.75 Å². The van der Waals surface area contributed by atoms with Crippen LogP contribution in [0.25, 0.3) is 6.08 Å². The van der Waals surface area contributed by atoms with Gasteiger partial charge < -0.3 is 5.11 Å². The number of rotatable bonds is 4. The lowest BCUT2D eigenvalue weighted by atomic mass is 10.1. The SMILES string of the molecule is O=C1S/C(=C\c2cc(Br)ccc2O)C(=O)N1CCc1ccccc1. The molecule has 0 atom stereocenters. The van der Waals surface area contributed by atoms with Crippen molar-refractivity contribution in [2.24, 2.45) is 0 Å². The van der Waals surface area contributed by atoms with Gasteiger partial charge in [0, 0.05) is 16.6 Å². The van der Waals surface area contributed by atoms with Crippen LogP contribution in [0.4, 0.5) is 4.79 Å². The molecule has 2 amide bonds. The van der Waals surface area contributed by atoms with Crippen LogP contribution in [-0.4, -0.2) is 27.7 Å². The largest absolute Gasteiger partial charge is 0.507 e. The first-order chi connectivity index (χ1) is 11.5. The zero-order chi connectivity index (χ0) is 17.1. The van der Waals surface area contributed by atoms with Crippen molar-refractivity contribution in [3.05, 3.63) is 69.0 Å². The maximum absolute atomic E-state index is 12.5. The summed E-state index contributed by atoms with van der Waals surface area (Å²) in [5.41, 5.74) is 1.57. The van der Waals surface area contributed by atoms with Crippen LogP contribution in [-0.2, 0) is 11.2 Å². The predicted molar refractivity (Wildman–Crippen MR) is 98.6 cm³/mol. The first kappa shape index (κ1) is 16.8. The van der Waals surface area contributed by atoms with Crippen LogP contribution in [0.15, 0.2) is 57.9 Å². The van der Waals surface area contributed by atoms with Crippen molar-refractivity contribution in [2.45, 2.75) is 6.42 Å². The second-order valence-corrected chi connectivity index (χ2v) is 7.18. The summed E-state index contributed by atoms with van der Waals surface area (Å²) >= 11 is 4.22. The van der Waals surface area contributed by atoms with Crippen LogP contribution in [0.1, 0.15) is 11.1 Å². The van der Waals surface area contributed by atoms with E-state index >= 15 is 0 Å². The minimum absolute atomic E-state index is 0.0642. The Balaban J connectivity index is 1.76. The number of hydrogen-bond donors (Lipinski definition) is 1. The quantitative estimate of drug-likeness (QED) is 0.766. The average Bonchev–Trinajstić information content (AvgIpc) is 2.84. The number of benzene rings is 2. The van der Waals surface area contributed by atoms with Crippen LogP contribution in [0, 0.1) is 0 Å². The number of nitrogens with zero attached hydrogens (tertiary/aromatic N) is 1. The molecule has 0 spiro atoms. The molecule has 3 rings (SSSR count). The molecule has 0 aliphatic carbocycles. The maximum Gasteiger partial charge on any atom is 0.293 e. The molecule has 0 radical (unpaired) electrons. The van der Waals surface area contributed by atoms with Crippen LogP contribution in [0.5, 0.6) is 5.75 Å². The lowest BCUT2D eigenvalue weighted by molar-refractivity contribution is -0.122. The summed E-state index contributed by atoms with van der Waals surface area (Å²) in [6.07, 6.45) is 2.17. The van der Waals surface area contributed by atoms with E-state index < -0.39 is 0 Å². The topological polar surface area (TPSA) is 57.6 Å². The molecule has 2 aromatic carbocycles. The van der Waals surface area contributed by atoms with Crippen molar-refractivity contribution in [1.82, 2.24) is 4.90 Å². The summed E-state index contributed by atoms with van der Waals surface area (Å²) < 4.78 is 0.787. The summed E-state index contributed by atoms with van der Waals surface area (Å²) in [4.78, 5) is 26.1. The number of phenolic OH excluding ortho intramolecular Hbond substituents is 1. The molecule has 0 bridgehead atoms. The first-order valence-corrected chi connectivity index (χ1v) is 8.93. The number of carbonyl (C=O) groups excluding carboxylic acids is 2. The summed E-state index contributed by atoms with van der Waals surface area (Å²) in [5, 5.41) is 9.60. The Morgan fingerprint density at radius 2 is 1.88 bits per heavy atom. The van der Waals surface area contributed by atoms with Crippen molar-refractivity contribution < 1.29 is 14.7 Å². The van der Waals surface area contributed by atoms with E-state index in [-0.39, 0.29) is 16.9 Å². The second kappa shape index (κ2) is 7.23. The molecule has 1 N–H and O–H groups in total. The zero-order valence-electron chi connectivity index (χ0n) is 12.6. The number of carbonyl (C=O) groups is 2. The van der Waals surface area contributed by atoms with Gasteiger partial charge in [-0.2, -0.15) is 0 Å². The molecular weight excluding hydrogens is 390 g/mol. The van der Waals surface area contributed by atoms with Crippen LogP contribution in [0.3, 0.4) is 0 Å². The Hall–Kier alpha value is -2.05. The smallest absolute Gasteiger partial charge is 0.293 e. The molecule has 1 fully saturated rings. The number of amides is 2. The standard InChI is InChI=1S/C18H14BrNO3S/c19-14-6-7-15(21)13(10-14)11-16-17(22)20(18(23)24-16)9-8-12-4-2-1-3-5-12/h1-7,10-11,21H,8-9H2/b16-11-. The number of phenols is 1. The maximum atomic E-state index is 12.5. The highest BCUT2D eigenvalue weighted by Gasteiger charge is 2.34. The molecule has 0 saturated carbocycles. The van der Waals surface area contributed by atoms with Gasteiger partial charge in [0.2, 0.25) is 0 Å². The van der Waals surface area contributed by atoms with E-state index in [9.17, 15) is 14.7 Å². The first-order valence-electron chi connectivity index (χ1n) is 7.32. The number of aromatic hydroxyl groups is 1. The lowest BCUT2D eigenvalue weighted by Crippen LogP contribution is -2.30. The van der Waals surface area contributed by atoms with Crippen LogP contribution >= 0.6 is 27.7 Å². The lowest BCUT2D eigenvalue weighted by Gasteiger charge is -2.12. The molecular formula is C18H14BrNO3S. The number of thioether (sulfide) groups is 1. The van der Waals surface area contributed by atoms with Gasteiger partial charge in [0.15, 0.2) is 0 Å². The van der Waals surface area contributed by atoms with E-state index in [0.717, 1.165) is 21.8 Å². The van der Waals surface area contributed by atoms with E-state index in [4.69, 9.17) is 0 Å². The third-order valence-corrected chi connectivity index (χ3v) is 5.02. The Kier molecular flexibility index (Phi) is 5.06. The molecule has 0 aromatic heterocycles. The van der Waals surface area contributed by atoms with Gasteiger partial charge in [-0.05, 0) is 48.0 Å². The molecule has 24 heavy (non-hydrogen) atoms. The predicted octanol–water partition coefficient (Wildman–Crippen LogP) is 4.43. The Morgan fingerprint density at radius 1 is 1.12 bits per heavy atom. The average molecular weight is 404 g/mol. The van der Waals surface area contributed by atoms with Gasteiger partial charge in [0.25, 0.3) is 11.1 Å². The van der Waals surface area contributed by atoms with Gasteiger partial charge in [-0.15, -0.1) is 0 Å².